The summed E-state index contributed by atoms with van der Waals surface area (Å²) in [4.78, 5) is 0. The number of nitrogens with two attached hydrogens (primary N) is 1. The van der Waals surface area contributed by atoms with Crippen LogP contribution in [0.25, 0.3) is 0 Å². The van der Waals surface area contributed by atoms with E-state index in [4.69, 9.17) is 15.2 Å². The molecule has 1 heterocycles. The Morgan fingerprint density at radius 2 is 2.17 bits per heavy atom. The van der Waals surface area contributed by atoms with Crippen LogP contribution in [0.1, 0.15) is 24.5 Å². The SMILES string of the molecule is NCC(OCC1CCOCC1)c1cccc(F)c1. The molecule has 4 heteroatoms. The number of ether oxygens (including phenoxy) is 2. The summed E-state index contributed by atoms with van der Waals surface area (Å²) < 4.78 is 24.3. The van der Waals surface area contributed by atoms with Crippen LogP contribution in [0.4, 0.5) is 4.39 Å². The van der Waals surface area contributed by atoms with E-state index in [0.29, 0.717) is 19.1 Å². The van der Waals surface area contributed by atoms with Crippen LogP contribution in [-0.2, 0) is 9.47 Å². The molecule has 100 valence electrons. The third-order valence-corrected chi connectivity index (χ3v) is 3.31. The zero-order chi connectivity index (χ0) is 12.8. The van der Waals surface area contributed by atoms with E-state index >= 15 is 0 Å². The van der Waals surface area contributed by atoms with E-state index in [1.165, 1.54) is 12.1 Å². The molecule has 1 unspecified atom stereocenters. The zero-order valence-electron chi connectivity index (χ0n) is 10.5. The summed E-state index contributed by atoms with van der Waals surface area (Å²) in [5.41, 5.74) is 6.51. The summed E-state index contributed by atoms with van der Waals surface area (Å²) in [6, 6.07) is 6.45. The van der Waals surface area contributed by atoms with Gasteiger partial charge in [-0.2, -0.15) is 0 Å². The smallest absolute Gasteiger partial charge is 0.123 e. The Kier molecular flexibility index (Phi) is 5.11. The second-order valence-corrected chi connectivity index (χ2v) is 4.67. The minimum atomic E-state index is -0.249. The lowest BCUT2D eigenvalue weighted by molar-refractivity contribution is -0.00880. The fourth-order valence-electron chi connectivity index (χ4n) is 2.17. The Balaban J connectivity index is 1.88. The van der Waals surface area contributed by atoms with Crippen LogP contribution in [0.2, 0.25) is 0 Å². The average Bonchev–Trinajstić information content (AvgIpc) is 2.41. The molecule has 1 aliphatic heterocycles. The first kappa shape index (κ1) is 13.5. The summed E-state index contributed by atoms with van der Waals surface area (Å²) >= 11 is 0. The Hall–Kier alpha value is -0.970. The van der Waals surface area contributed by atoms with Crippen LogP contribution in [0.3, 0.4) is 0 Å². The highest BCUT2D eigenvalue weighted by Gasteiger charge is 2.17. The Morgan fingerprint density at radius 3 is 2.83 bits per heavy atom. The summed E-state index contributed by atoms with van der Waals surface area (Å²) in [5, 5.41) is 0. The first-order valence-corrected chi connectivity index (χ1v) is 6.44. The van der Waals surface area contributed by atoms with Crippen molar-refractivity contribution in [3.05, 3.63) is 35.6 Å². The second-order valence-electron chi connectivity index (χ2n) is 4.67. The van der Waals surface area contributed by atoms with Gasteiger partial charge in [0, 0.05) is 19.8 Å². The van der Waals surface area contributed by atoms with Gasteiger partial charge >= 0.3 is 0 Å². The van der Waals surface area contributed by atoms with Crippen molar-refractivity contribution in [2.24, 2.45) is 11.7 Å². The van der Waals surface area contributed by atoms with Crippen molar-refractivity contribution in [2.45, 2.75) is 18.9 Å². The molecule has 0 aromatic heterocycles. The molecule has 18 heavy (non-hydrogen) atoms. The molecule has 2 rings (SSSR count). The fraction of sp³-hybridized carbons (Fsp3) is 0.571. The molecular weight excluding hydrogens is 233 g/mol. The Bertz CT molecular complexity index is 367. The normalized spacial score (nSPS) is 18.8. The predicted octanol–water partition coefficient (Wildman–Crippen LogP) is 2.27. The highest BCUT2D eigenvalue weighted by Crippen LogP contribution is 2.21. The van der Waals surface area contributed by atoms with Crippen molar-refractivity contribution in [3.8, 4) is 0 Å². The summed E-state index contributed by atoms with van der Waals surface area (Å²) in [6.07, 6.45) is 1.84. The maximum Gasteiger partial charge on any atom is 0.123 e. The number of hydrogen-bond acceptors (Lipinski definition) is 3. The first-order valence-electron chi connectivity index (χ1n) is 6.44. The van der Waals surface area contributed by atoms with E-state index < -0.39 is 0 Å². The van der Waals surface area contributed by atoms with Crippen molar-refractivity contribution in [3.63, 3.8) is 0 Å². The van der Waals surface area contributed by atoms with E-state index in [9.17, 15) is 4.39 Å². The topological polar surface area (TPSA) is 44.5 Å². The molecule has 0 amide bonds. The summed E-state index contributed by atoms with van der Waals surface area (Å²) in [7, 11) is 0. The standard InChI is InChI=1S/C14H20FNO2/c15-13-3-1-2-12(8-13)14(9-16)18-10-11-4-6-17-7-5-11/h1-3,8,11,14H,4-7,9-10,16H2. The van der Waals surface area contributed by atoms with Crippen molar-refractivity contribution in [2.75, 3.05) is 26.4 Å². The van der Waals surface area contributed by atoms with Crippen molar-refractivity contribution in [1.29, 1.82) is 0 Å². The summed E-state index contributed by atoms with van der Waals surface area (Å²) in [5.74, 6) is 0.280. The Labute approximate surface area is 107 Å². The van der Waals surface area contributed by atoms with Gasteiger partial charge in [0.2, 0.25) is 0 Å². The van der Waals surface area contributed by atoms with Gasteiger partial charge in [-0.05, 0) is 36.5 Å². The largest absolute Gasteiger partial charge is 0.381 e. The van der Waals surface area contributed by atoms with Gasteiger partial charge < -0.3 is 15.2 Å². The molecular formula is C14H20FNO2. The van der Waals surface area contributed by atoms with E-state index in [0.717, 1.165) is 31.6 Å². The third-order valence-electron chi connectivity index (χ3n) is 3.31. The van der Waals surface area contributed by atoms with E-state index in [2.05, 4.69) is 0 Å². The molecule has 3 nitrogen and oxygen atoms in total. The minimum absolute atomic E-state index is 0.219. The Morgan fingerprint density at radius 1 is 1.39 bits per heavy atom. The maximum atomic E-state index is 13.1. The van der Waals surface area contributed by atoms with Crippen LogP contribution in [-0.4, -0.2) is 26.4 Å². The molecule has 0 saturated carbocycles. The molecule has 0 radical (unpaired) electrons. The van der Waals surface area contributed by atoms with Crippen LogP contribution < -0.4 is 5.73 Å². The van der Waals surface area contributed by atoms with Crippen LogP contribution in [0.5, 0.6) is 0 Å². The van der Waals surface area contributed by atoms with E-state index in [-0.39, 0.29) is 11.9 Å². The first-order chi connectivity index (χ1) is 8.79. The van der Waals surface area contributed by atoms with Gasteiger partial charge in [0.1, 0.15) is 5.82 Å². The second kappa shape index (κ2) is 6.83. The monoisotopic (exact) mass is 253 g/mol. The van der Waals surface area contributed by atoms with Crippen LogP contribution in [0, 0.1) is 11.7 Å². The van der Waals surface area contributed by atoms with Gasteiger partial charge in [0.05, 0.1) is 12.7 Å². The fourth-order valence-corrected chi connectivity index (χ4v) is 2.17. The van der Waals surface area contributed by atoms with Gasteiger partial charge in [-0.3, -0.25) is 0 Å². The van der Waals surface area contributed by atoms with Crippen molar-refractivity contribution < 1.29 is 13.9 Å². The zero-order valence-corrected chi connectivity index (χ0v) is 10.5. The molecule has 0 spiro atoms. The summed E-state index contributed by atoms with van der Waals surface area (Å²) in [6.45, 7) is 2.65. The highest BCUT2D eigenvalue weighted by molar-refractivity contribution is 5.19. The molecule has 1 fully saturated rings. The lowest BCUT2D eigenvalue weighted by atomic mass is 10.0. The quantitative estimate of drug-likeness (QED) is 0.875. The average molecular weight is 253 g/mol. The third kappa shape index (κ3) is 3.77. The van der Waals surface area contributed by atoms with Crippen LogP contribution in [0.15, 0.2) is 24.3 Å². The van der Waals surface area contributed by atoms with E-state index in [1.807, 2.05) is 6.07 Å². The number of benzene rings is 1. The van der Waals surface area contributed by atoms with Gasteiger partial charge in [-0.1, -0.05) is 12.1 Å². The number of rotatable bonds is 5. The highest BCUT2D eigenvalue weighted by atomic mass is 19.1. The van der Waals surface area contributed by atoms with Gasteiger partial charge in [0.15, 0.2) is 0 Å². The lowest BCUT2D eigenvalue weighted by Gasteiger charge is -2.24. The van der Waals surface area contributed by atoms with Gasteiger partial charge in [-0.25, -0.2) is 4.39 Å². The van der Waals surface area contributed by atoms with Crippen LogP contribution >= 0.6 is 0 Å². The molecule has 2 N–H and O–H groups in total. The van der Waals surface area contributed by atoms with Gasteiger partial charge in [-0.15, -0.1) is 0 Å². The van der Waals surface area contributed by atoms with Crippen molar-refractivity contribution in [1.82, 2.24) is 0 Å². The predicted molar refractivity (Wildman–Crippen MR) is 67.7 cm³/mol. The molecule has 1 atom stereocenters. The number of hydrogen-bond donors (Lipinski definition) is 1. The van der Waals surface area contributed by atoms with Crippen molar-refractivity contribution >= 4 is 0 Å². The molecule has 1 aromatic rings. The molecule has 0 bridgehead atoms. The maximum absolute atomic E-state index is 13.1. The van der Waals surface area contributed by atoms with E-state index in [1.54, 1.807) is 6.07 Å². The number of halogens is 1. The molecule has 1 aliphatic rings. The lowest BCUT2D eigenvalue weighted by Crippen LogP contribution is -2.24. The molecule has 1 aromatic carbocycles. The molecule has 0 aliphatic carbocycles. The minimum Gasteiger partial charge on any atom is -0.381 e. The van der Waals surface area contributed by atoms with Gasteiger partial charge in [0.25, 0.3) is 0 Å². The molecule has 1 saturated heterocycles.